The van der Waals surface area contributed by atoms with Crippen LogP contribution in [0.5, 0.6) is 0 Å². The molecule has 1 saturated heterocycles. The zero-order valence-corrected chi connectivity index (χ0v) is 13.0. The largest absolute Gasteiger partial charge is 0.469 e. The molecule has 1 fully saturated rings. The zero-order chi connectivity index (χ0) is 15.1. The summed E-state index contributed by atoms with van der Waals surface area (Å²) in [7, 11) is 3.56. The minimum atomic E-state index is -0.189. The van der Waals surface area contributed by atoms with Gasteiger partial charge >= 0.3 is 5.97 Å². The quantitative estimate of drug-likeness (QED) is 0.754. The van der Waals surface area contributed by atoms with Gasteiger partial charge < -0.3 is 14.4 Å². The Morgan fingerprint density at radius 2 is 2.14 bits per heavy atom. The monoisotopic (exact) mass is 291 g/mol. The van der Waals surface area contributed by atoms with Crippen molar-refractivity contribution >= 4 is 5.97 Å². The summed E-state index contributed by atoms with van der Waals surface area (Å²) >= 11 is 0. The van der Waals surface area contributed by atoms with Crippen LogP contribution in [0.4, 0.5) is 0 Å². The molecule has 1 aliphatic rings. The summed E-state index contributed by atoms with van der Waals surface area (Å²) in [5, 5.41) is 0. The van der Waals surface area contributed by atoms with E-state index in [1.807, 2.05) is 18.2 Å². The minimum Gasteiger partial charge on any atom is -0.469 e. The fourth-order valence-electron chi connectivity index (χ4n) is 2.86. The smallest absolute Gasteiger partial charge is 0.309 e. The second-order valence-corrected chi connectivity index (χ2v) is 5.80. The Kier molecular flexibility index (Phi) is 6.21. The van der Waals surface area contributed by atoms with Crippen molar-refractivity contribution in [3.8, 4) is 0 Å². The van der Waals surface area contributed by atoms with Crippen molar-refractivity contribution < 1.29 is 14.3 Å². The van der Waals surface area contributed by atoms with Gasteiger partial charge in [0, 0.05) is 19.7 Å². The van der Waals surface area contributed by atoms with E-state index in [1.165, 1.54) is 19.1 Å². The van der Waals surface area contributed by atoms with Crippen LogP contribution in [0.3, 0.4) is 0 Å². The van der Waals surface area contributed by atoms with E-state index in [2.05, 4.69) is 18.0 Å². The Labute approximate surface area is 127 Å². The summed E-state index contributed by atoms with van der Waals surface area (Å²) in [4.78, 5) is 13.8. The Morgan fingerprint density at radius 3 is 2.81 bits per heavy atom. The van der Waals surface area contributed by atoms with E-state index in [1.54, 1.807) is 0 Å². The van der Waals surface area contributed by atoms with E-state index < -0.39 is 0 Å². The predicted octanol–water partition coefficient (Wildman–Crippen LogP) is 2.26. The van der Waals surface area contributed by atoms with Gasteiger partial charge in [0.05, 0.1) is 20.1 Å². The summed E-state index contributed by atoms with van der Waals surface area (Å²) in [5.74, 6) is 0.433. The van der Waals surface area contributed by atoms with Gasteiger partial charge in [0.15, 0.2) is 0 Å². The SMILES string of the molecule is COC(=O)Cc1ccccc1CN(C)CC1CCCOC1. The van der Waals surface area contributed by atoms with Gasteiger partial charge in [0.1, 0.15) is 0 Å². The molecule has 0 bridgehead atoms. The van der Waals surface area contributed by atoms with E-state index in [-0.39, 0.29) is 5.97 Å². The highest BCUT2D eigenvalue weighted by molar-refractivity contribution is 5.72. The van der Waals surface area contributed by atoms with Crippen molar-refractivity contribution in [2.24, 2.45) is 5.92 Å². The van der Waals surface area contributed by atoms with E-state index in [4.69, 9.17) is 9.47 Å². The topological polar surface area (TPSA) is 38.8 Å². The van der Waals surface area contributed by atoms with Gasteiger partial charge in [0.25, 0.3) is 0 Å². The average molecular weight is 291 g/mol. The number of rotatable bonds is 6. The molecule has 0 aromatic heterocycles. The highest BCUT2D eigenvalue weighted by atomic mass is 16.5. The summed E-state index contributed by atoms with van der Waals surface area (Å²) in [6, 6.07) is 8.08. The average Bonchev–Trinajstić information content (AvgIpc) is 2.50. The Bertz CT molecular complexity index is 455. The molecular weight excluding hydrogens is 266 g/mol. The van der Waals surface area contributed by atoms with Crippen molar-refractivity contribution in [2.45, 2.75) is 25.8 Å². The van der Waals surface area contributed by atoms with Crippen molar-refractivity contribution in [3.05, 3.63) is 35.4 Å². The molecule has 1 unspecified atom stereocenters. The van der Waals surface area contributed by atoms with Gasteiger partial charge in [-0.15, -0.1) is 0 Å². The first-order chi connectivity index (χ1) is 10.2. The first kappa shape index (κ1) is 16.0. The highest BCUT2D eigenvalue weighted by Gasteiger charge is 2.17. The Morgan fingerprint density at radius 1 is 1.38 bits per heavy atom. The molecule has 0 aliphatic carbocycles. The number of esters is 1. The standard InChI is InChI=1S/C17H25NO3/c1-18(11-14-6-5-9-21-13-14)12-16-8-4-3-7-15(16)10-17(19)20-2/h3-4,7-8,14H,5-6,9-13H2,1-2H3. The molecule has 0 radical (unpaired) electrons. The first-order valence-electron chi connectivity index (χ1n) is 7.59. The molecule has 1 aromatic rings. The molecule has 116 valence electrons. The van der Waals surface area contributed by atoms with Crippen LogP contribution >= 0.6 is 0 Å². The van der Waals surface area contributed by atoms with Gasteiger partial charge in [-0.3, -0.25) is 4.79 Å². The molecule has 1 aromatic carbocycles. The van der Waals surface area contributed by atoms with E-state index in [0.717, 1.165) is 38.3 Å². The maximum Gasteiger partial charge on any atom is 0.309 e. The minimum absolute atomic E-state index is 0.189. The Balaban J connectivity index is 1.93. The van der Waals surface area contributed by atoms with E-state index >= 15 is 0 Å². The number of hydrogen-bond donors (Lipinski definition) is 0. The van der Waals surface area contributed by atoms with Gasteiger partial charge in [-0.1, -0.05) is 24.3 Å². The molecule has 2 rings (SSSR count). The van der Waals surface area contributed by atoms with Crippen LogP contribution in [0, 0.1) is 5.92 Å². The van der Waals surface area contributed by atoms with Crippen molar-refractivity contribution in [1.29, 1.82) is 0 Å². The van der Waals surface area contributed by atoms with Crippen LogP contribution in [0.25, 0.3) is 0 Å². The van der Waals surface area contributed by atoms with Crippen molar-refractivity contribution in [3.63, 3.8) is 0 Å². The van der Waals surface area contributed by atoms with Gasteiger partial charge in [0.2, 0.25) is 0 Å². The number of nitrogens with zero attached hydrogens (tertiary/aromatic N) is 1. The van der Waals surface area contributed by atoms with Crippen LogP contribution in [0.2, 0.25) is 0 Å². The van der Waals surface area contributed by atoms with Crippen LogP contribution in [0.15, 0.2) is 24.3 Å². The molecule has 0 amide bonds. The number of ether oxygens (including phenoxy) is 2. The maximum atomic E-state index is 11.5. The summed E-state index contributed by atoms with van der Waals surface area (Å²) in [5.41, 5.74) is 2.25. The second-order valence-electron chi connectivity index (χ2n) is 5.80. The molecule has 1 heterocycles. The Hall–Kier alpha value is -1.39. The number of methoxy groups -OCH3 is 1. The summed E-state index contributed by atoms with van der Waals surface area (Å²) < 4.78 is 10.3. The third kappa shape index (κ3) is 5.14. The number of hydrogen-bond acceptors (Lipinski definition) is 4. The molecule has 0 saturated carbocycles. The lowest BCUT2D eigenvalue weighted by atomic mass is 10.0. The van der Waals surface area contributed by atoms with E-state index in [0.29, 0.717) is 12.3 Å². The highest BCUT2D eigenvalue weighted by Crippen LogP contribution is 2.17. The molecule has 0 N–H and O–H groups in total. The fourth-order valence-corrected chi connectivity index (χ4v) is 2.86. The third-order valence-electron chi connectivity index (χ3n) is 3.95. The maximum absolute atomic E-state index is 11.5. The first-order valence-corrected chi connectivity index (χ1v) is 7.59. The number of carbonyl (C=O) groups is 1. The summed E-state index contributed by atoms with van der Waals surface area (Å²) in [6.45, 7) is 3.66. The lowest BCUT2D eigenvalue weighted by Gasteiger charge is -2.27. The molecule has 21 heavy (non-hydrogen) atoms. The van der Waals surface area contributed by atoms with Gasteiger partial charge in [-0.05, 0) is 36.9 Å². The van der Waals surface area contributed by atoms with Crippen LogP contribution in [-0.4, -0.2) is 44.8 Å². The number of benzene rings is 1. The molecule has 1 aliphatic heterocycles. The van der Waals surface area contributed by atoms with E-state index in [9.17, 15) is 4.79 Å². The van der Waals surface area contributed by atoms with Crippen molar-refractivity contribution in [1.82, 2.24) is 4.90 Å². The molecule has 1 atom stereocenters. The fraction of sp³-hybridized carbons (Fsp3) is 0.588. The lowest BCUT2D eigenvalue weighted by Crippen LogP contribution is -2.30. The van der Waals surface area contributed by atoms with Crippen LogP contribution < -0.4 is 0 Å². The molecule has 4 heteroatoms. The number of carbonyl (C=O) groups excluding carboxylic acids is 1. The second kappa shape index (κ2) is 8.15. The van der Waals surface area contributed by atoms with Gasteiger partial charge in [-0.25, -0.2) is 0 Å². The summed E-state index contributed by atoms with van der Waals surface area (Å²) in [6.07, 6.45) is 2.75. The molecule has 0 spiro atoms. The van der Waals surface area contributed by atoms with Crippen molar-refractivity contribution in [2.75, 3.05) is 33.9 Å². The van der Waals surface area contributed by atoms with Crippen LogP contribution in [0.1, 0.15) is 24.0 Å². The van der Waals surface area contributed by atoms with Gasteiger partial charge in [-0.2, -0.15) is 0 Å². The molecular formula is C17H25NO3. The normalized spacial score (nSPS) is 18.7. The lowest BCUT2D eigenvalue weighted by molar-refractivity contribution is -0.139. The zero-order valence-electron chi connectivity index (χ0n) is 13.0. The predicted molar refractivity (Wildman–Crippen MR) is 82.0 cm³/mol. The third-order valence-corrected chi connectivity index (χ3v) is 3.95. The molecule has 4 nitrogen and oxygen atoms in total. The van der Waals surface area contributed by atoms with Crippen LogP contribution in [-0.2, 0) is 27.2 Å².